The number of carbonyl (C=O) groups is 1. The maximum absolute atomic E-state index is 12.3. The van der Waals surface area contributed by atoms with E-state index in [1.807, 2.05) is 42.5 Å². The summed E-state index contributed by atoms with van der Waals surface area (Å²) in [5, 5.41) is 12.9. The normalized spacial score (nSPS) is 18.8. The molecule has 1 saturated carbocycles. The van der Waals surface area contributed by atoms with Crippen LogP contribution < -0.4 is 0 Å². The van der Waals surface area contributed by atoms with Crippen molar-refractivity contribution in [1.29, 1.82) is 0 Å². The smallest absolute Gasteiger partial charge is 0.168 e. The van der Waals surface area contributed by atoms with E-state index in [9.17, 15) is 9.90 Å². The van der Waals surface area contributed by atoms with Gasteiger partial charge in [-0.3, -0.25) is 9.79 Å². The van der Waals surface area contributed by atoms with Crippen LogP contribution in [0.5, 0.6) is 0 Å². The highest BCUT2D eigenvalue weighted by Crippen LogP contribution is 2.25. The first-order chi connectivity index (χ1) is 11.7. The molecule has 2 aromatic carbocycles. The Bertz CT molecular complexity index is 841. The monoisotopic (exact) mass is 319 g/mol. The molecule has 0 atom stereocenters. The lowest BCUT2D eigenvalue weighted by Gasteiger charge is -2.18. The number of hydrogen-bond donors (Lipinski definition) is 1. The van der Waals surface area contributed by atoms with Crippen molar-refractivity contribution < 1.29 is 9.90 Å². The third-order valence-electron chi connectivity index (χ3n) is 4.32. The van der Waals surface area contributed by atoms with Crippen LogP contribution in [0.25, 0.3) is 10.8 Å². The first-order valence-corrected chi connectivity index (χ1v) is 8.27. The fourth-order valence-electron chi connectivity index (χ4n) is 3.20. The molecule has 0 aliphatic heterocycles. The van der Waals surface area contributed by atoms with Crippen molar-refractivity contribution in [2.75, 3.05) is 6.54 Å². The summed E-state index contributed by atoms with van der Waals surface area (Å²) < 4.78 is 0. The Labute approximate surface area is 142 Å². The summed E-state index contributed by atoms with van der Waals surface area (Å²) in [4.78, 5) is 16.8. The summed E-state index contributed by atoms with van der Waals surface area (Å²) in [7, 11) is 0. The van der Waals surface area contributed by atoms with Crippen LogP contribution in [0.4, 0.5) is 0 Å². The van der Waals surface area contributed by atoms with Crippen molar-refractivity contribution in [1.82, 2.24) is 0 Å². The van der Waals surface area contributed by atoms with E-state index in [2.05, 4.69) is 11.6 Å². The van der Waals surface area contributed by atoms with Crippen molar-refractivity contribution >= 4 is 22.3 Å². The van der Waals surface area contributed by atoms with Gasteiger partial charge >= 0.3 is 0 Å². The zero-order valence-corrected chi connectivity index (χ0v) is 13.7. The second-order valence-corrected chi connectivity index (χ2v) is 5.99. The Balaban J connectivity index is 2.01. The molecule has 3 rings (SSSR count). The first-order valence-electron chi connectivity index (χ1n) is 8.27. The summed E-state index contributed by atoms with van der Waals surface area (Å²) >= 11 is 0. The Morgan fingerprint density at radius 3 is 2.79 bits per heavy atom. The largest absolute Gasteiger partial charge is 0.511 e. The summed E-state index contributed by atoms with van der Waals surface area (Å²) in [6, 6.07) is 14.1. The van der Waals surface area contributed by atoms with Crippen LogP contribution in [-0.4, -0.2) is 23.1 Å². The molecule has 1 N–H and O–H groups in total. The summed E-state index contributed by atoms with van der Waals surface area (Å²) in [5.74, 6) is 0.112. The zero-order valence-electron chi connectivity index (χ0n) is 13.7. The molecule has 0 aromatic heterocycles. The SMILES string of the molecule is C=CCN=C1CCCC(=O)/C1=C(/O)Cc1cccc2ccccc12. The average molecular weight is 319 g/mol. The van der Waals surface area contributed by atoms with Gasteiger partial charge in [-0.25, -0.2) is 0 Å². The minimum atomic E-state index is -0.0122. The van der Waals surface area contributed by atoms with Crippen LogP contribution in [0.3, 0.4) is 0 Å². The number of rotatable bonds is 4. The van der Waals surface area contributed by atoms with Gasteiger partial charge in [-0.2, -0.15) is 0 Å². The molecule has 1 aliphatic carbocycles. The van der Waals surface area contributed by atoms with Gasteiger partial charge in [0.1, 0.15) is 5.76 Å². The standard InChI is InChI=1S/C21H21NO2/c1-2-13-22-18-11-6-12-19(23)21(18)20(24)14-16-9-5-8-15-7-3-4-10-17(15)16/h2-5,7-10,24H,1,6,11-14H2/b21-20+,22-18?. The molecule has 122 valence electrons. The van der Waals surface area contributed by atoms with Crippen LogP contribution >= 0.6 is 0 Å². The Kier molecular flexibility index (Phi) is 4.90. The third-order valence-corrected chi connectivity index (χ3v) is 4.32. The predicted octanol–water partition coefficient (Wildman–Crippen LogP) is 4.57. The molecule has 0 unspecified atom stereocenters. The van der Waals surface area contributed by atoms with E-state index < -0.39 is 0 Å². The maximum Gasteiger partial charge on any atom is 0.168 e. The van der Waals surface area contributed by atoms with E-state index >= 15 is 0 Å². The Morgan fingerprint density at radius 2 is 1.96 bits per heavy atom. The number of Topliss-reactive ketones (excluding diaryl/α,β-unsaturated/α-hetero) is 1. The van der Waals surface area contributed by atoms with E-state index in [-0.39, 0.29) is 11.5 Å². The van der Waals surface area contributed by atoms with Crippen molar-refractivity contribution in [3.63, 3.8) is 0 Å². The van der Waals surface area contributed by atoms with Crippen LogP contribution in [0.15, 0.2) is 71.4 Å². The van der Waals surface area contributed by atoms with Crippen molar-refractivity contribution in [2.24, 2.45) is 4.99 Å². The summed E-state index contributed by atoms with van der Waals surface area (Å²) in [6.07, 6.45) is 4.04. The third kappa shape index (κ3) is 3.30. The number of fused-ring (bicyclic) bond motifs is 1. The second-order valence-electron chi connectivity index (χ2n) is 5.99. The highest BCUT2D eigenvalue weighted by Gasteiger charge is 2.25. The summed E-state index contributed by atoms with van der Waals surface area (Å²) in [6.45, 7) is 4.13. The molecule has 0 bridgehead atoms. The number of carbonyl (C=O) groups excluding carboxylic acids is 1. The molecular formula is C21H21NO2. The number of aliphatic imine (C=N–C) groups is 1. The van der Waals surface area contributed by atoms with E-state index in [0.717, 1.165) is 29.2 Å². The molecule has 1 aliphatic rings. The van der Waals surface area contributed by atoms with Crippen LogP contribution in [0.2, 0.25) is 0 Å². The molecule has 0 saturated heterocycles. The molecule has 0 spiro atoms. The van der Waals surface area contributed by atoms with Crippen LogP contribution in [0, 0.1) is 0 Å². The highest BCUT2D eigenvalue weighted by atomic mass is 16.3. The second kappa shape index (κ2) is 7.26. The topological polar surface area (TPSA) is 49.7 Å². The van der Waals surface area contributed by atoms with Gasteiger partial charge in [-0.1, -0.05) is 48.5 Å². The van der Waals surface area contributed by atoms with Crippen molar-refractivity contribution in [2.45, 2.75) is 25.7 Å². The lowest BCUT2D eigenvalue weighted by molar-refractivity contribution is -0.115. The van der Waals surface area contributed by atoms with Gasteiger partial charge in [0.25, 0.3) is 0 Å². The number of aliphatic hydroxyl groups is 1. The average Bonchev–Trinajstić information content (AvgIpc) is 2.60. The van der Waals surface area contributed by atoms with Gasteiger partial charge in [0.2, 0.25) is 0 Å². The van der Waals surface area contributed by atoms with E-state index in [1.54, 1.807) is 6.08 Å². The molecule has 3 heteroatoms. The maximum atomic E-state index is 12.3. The minimum Gasteiger partial charge on any atom is -0.511 e. The Hall–Kier alpha value is -2.68. The molecule has 0 amide bonds. The quantitative estimate of drug-likeness (QED) is 0.509. The number of aliphatic hydroxyl groups excluding tert-OH is 1. The number of benzene rings is 2. The zero-order chi connectivity index (χ0) is 16.9. The van der Waals surface area contributed by atoms with Gasteiger partial charge in [-0.15, -0.1) is 6.58 Å². The fourth-order valence-corrected chi connectivity index (χ4v) is 3.20. The molecule has 0 radical (unpaired) electrons. The van der Waals surface area contributed by atoms with E-state index in [1.165, 1.54) is 0 Å². The molecule has 1 fully saturated rings. The van der Waals surface area contributed by atoms with Crippen molar-refractivity contribution in [3.8, 4) is 0 Å². The highest BCUT2D eigenvalue weighted by molar-refractivity contribution is 6.24. The van der Waals surface area contributed by atoms with Gasteiger partial charge in [0, 0.05) is 18.6 Å². The van der Waals surface area contributed by atoms with Gasteiger partial charge in [-0.05, 0) is 29.2 Å². The summed E-state index contributed by atoms with van der Waals surface area (Å²) in [5.41, 5.74) is 2.14. The number of ketones is 1. The number of allylic oxidation sites excluding steroid dienone is 2. The molecule has 3 nitrogen and oxygen atoms in total. The first kappa shape index (κ1) is 16.2. The lowest BCUT2D eigenvalue weighted by Crippen LogP contribution is -2.22. The van der Waals surface area contributed by atoms with E-state index in [0.29, 0.717) is 30.7 Å². The van der Waals surface area contributed by atoms with Gasteiger partial charge in [0.15, 0.2) is 5.78 Å². The van der Waals surface area contributed by atoms with Gasteiger partial charge in [0.05, 0.1) is 12.1 Å². The lowest BCUT2D eigenvalue weighted by atomic mass is 9.88. The molecule has 2 aromatic rings. The number of hydrogen-bond acceptors (Lipinski definition) is 3. The van der Waals surface area contributed by atoms with Crippen LogP contribution in [0.1, 0.15) is 24.8 Å². The fraction of sp³-hybridized carbons (Fsp3) is 0.238. The van der Waals surface area contributed by atoms with Crippen molar-refractivity contribution in [3.05, 3.63) is 72.0 Å². The predicted molar refractivity (Wildman–Crippen MR) is 98.7 cm³/mol. The molecular weight excluding hydrogens is 298 g/mol. The van der Waals surface area contributed by atoms with Gasteiger partial charge < -0.3 is 5.11 Å². The minimum absolute atomic E-state index is 0.0122. The molecule has 24 heavy (non-hydrogen) atoms. The van der Waals surface area contributed by atoms with E-state index in [4.69, 9.17) is 0 Å². The number of nitrogens with zero attached hydrogens (tertiary/aromatic N) is 1. The van der Waals surface area contributed by atoms with Crippen LogP contribution in [-0.2, 0) is 11.2 Å². The Morgan fingerprint density at radius 1 is 1.17 bits per heavy atom. The molecule has 0 heterocycles.